The van der Waals surface area contributed by atoms with Gasteiger partial charge in [-0.25, -0.2) is 0 Å². The summed E-state index contributed by atoms with van der Waals surface area (Å²) < 4.78 is 0. The lowest BCUT2D eigenvalue weighted by Crippen LogP contribution is -2.01. The molecule has 14 heavy (non-hydrogen) atoms. The first-order chi connectivity index (χ1) is 6.72. The van der Waals surface area contributed by atoms with Gasteiger partial charge in [-0.05, 0) is 36.0 Å². The third-order valence-electron chi connectivity index (χ3n) is 2.74. The second-order valence-electron chi connectivity index (χ2n) is 3.95. The molecule has 0 saturated heterocycles. The van der Waals surface area contributed by atoms with E-state index >= 15 is 0 Å². The molecule has 0 bridgehead atoms. The highest BCUT2D eigenvalue weighted by Crippen LogP contribution is 2.41. The van der Waals surface area contributed by atoms with Crippen LogP contribution in [0.3, 0.4) is 0 Å². The quantitative estimate of drug-likeness (QED) is 0.811. The number of halogens is 1. The van der Waals surface area contributed by atoms with Crippen LogP contribution >= 0.6 is 11.6 Å². The van der Waals surface area contributed by atoms with Gasteiger partial charge in [0.1, 0.15) is 0 Å². The van der Waals surface area contributed by atoms with Crippen molar-refractivity contribution in [3.05, 3.63) is 40.3 Å². The van der Waals surface area contributed by atoms with E-state index in [4.69, 9.17) is 16.7 Å². The molecule has 2 rings (SSSR count). The number of aliphatic hydroxyl groups is 1. The first kappa shape index (κ1) is 10.0. The maximum absolute atomic E-state index is 9.06. The molecule has 0 amide bonds. The molecule has 75 valence electrons. The van der Waals surface area contributed by atoms with Crippen molar-refractivity contribution in [2.24, 2.45) is 0 Å². The van der Waals surface area contributed by atoms with Gasteiger partial charge < -0.3 is 5.11 Å². The van der Waals surface area contributed by atoms with Crippen LogP contribution in [0.15, 0.2) is 18.2 Å². The van der Waals surface area contributed by atoms with Crippen LogP contribution in [0.25, 0.3) is 0 Å². The van der Waals surface area contributed by atoms with Crippen molar-refractivity contribution in [1.82, 2.24) is 0 Å². The Hall–Kier alpha value is -0.530. The molecule has 0 aliphatic heterocycles. The van der Waals surface area contributed by atoms with Gasteiger partial charge in [-0.2, -0.15) is 0 Å². The second-order valence-corrected chi connectivity index (χ2v) is 4.36. The lowest BCUT2D eigenvalue weighted by Gasteiger charge is -2.11. The second kappa shape index (κ2) is 3.92. The average Bonchev–Trinajstić information content (AvgIpc) is 3.01. The lowest BCUT2D eigenvalue weighted by atomic mass is 9.98. The third kappa shape index (κ3) is 1.94. The maximum atomic E-state index is 9.06. The minimum atomic E-state index is 0.0772. The number of benzene rings is 1. The van der Waals surface area contributed by atoms with Crippen molar-refractivity contribution >= 4 is 11.6 Å². The van der Waals surface area contributed by atoms with Gasteiger partial charge >= 0.3 is 0 Å². The molecule has 1 N–H and O–H groups in total. The smallest absolute Gasteiger partial charge is 0.0535 e. The summed E-state index contributed by atoms with van der Waals surface area (Å²) in [4.78, 5) is 0. The van der Waals surface area contributed by atoms with E-state index in [-0.39, 0.29) is 6.61 Å². The molecule has 1 saturated carbocycles. The van der Waals surface area contributed by atoms with Crippen LogP contribution < -0.4 is 0 Å². The van der Waals surface area contributed by atoms with Crippen LogP contribution in [0.2, 0.25) is 5.02 Å². The molecule has 0 spiro atoms. The van der Waals surface area contributed by atoms with Gasteiger partial charge in [0.2, 0.25) is 0 Å². The van der Waals surface area contributed by atoms with Crippen molar-refractivity contribution in [1.29, 1.82) is 0 Å². The highest BCUT2D eigenvalue weighted by Gasteiger charge is 2.24. The zero-order valence-electron chi connectivity index (χ0n) is 8.26. The Morgan fingerprint density at radius 2 is 2.21 bits per heavy atom. The molecule has 1 fully saturated rings. The standard InChI is InChI=1S/C12H14ClO/c1-8(7-14)11-6-10(9-2-3-9)4-5-12(11)13/h4-6,9,14H,2-3,7H2,1H3. The van der Waals surface area contributed by atoms with E-state index in [2.05, 4.69) is 12.1 Å². The molecule has 0 aromatic heterocycles. The molecule has 0 unspecified atom stereocenters. The SMILES string of the molecule is C[C](CO)c1cc(C2CC2)ccc1Cl. The van der Waals surface area contributed by atoms with Crippen molar-refractivity contribution in [3.63, 3.8) is 0 Å². The summed E-state index contributed by atoms with van der Waals surface area (Å²) in [6.07, 6.45) is 2.58. The molecule has 0 heterocycles. The summed E-state index contributed by atoms with van der Waals surface area (Å²) in [6.45, 7) is 1.99. The van der Waals surface area contributed by atoms with Crippen LogP contribution in [0.4, 0.5) is 0 Å². The Kier molecular flexibility index (Phi) is 2.80. The molecule has 0 atom stereocenters. The highest BCUT2D eigenvalue weighted by atomic mass is 35.5. The number of hydrogen-bond acceptors (Lipinski definition) is 1. The molecular formula is C12H14ClO. The summed E-state index contributed by atoms with van der Waals surface area (Å²) in [5, 5.41) is 9.80. The van der Waals surface area contributed by atoms with Crippen LogP contribution in [0, 0.1) is 5.92 Å². The highest BCUT2D eigenvalue weighted by molar-refractivity contribution is 6.31. The molecule has 1 nitrogen and oxygen atoms in total. The molecule has 1 radical (unpaired) electrons. The van der Waals surface area contributed by atoms with E-state index in [9.17, 15) is 0 Å². The zero-order valence-corrected chi connectivity index (χ0v) is 9.01. The summed E-state index contributed by atoms with van der Waals surface area (Å²) in [6, 6.07) is 6.14. The van der Waals surface area contributed by atoms with E-state index in [1.807, 2.05) is 13.0 Å². The average molecular weight is 210 g/mol. The van der Waals surface area contributed by atoms with E-state index < -0.39 is 0 Å². The van der Waals surface area contributed by atoms with Crippen molar-refractivity contribution in [2.45, 2.75) is 25.7 Å². The topological polar surface area (TPSA) is 20.2 Å². The van der Waals surface area contributed by atoms with Crippen molar-refractivity contribution in [2.75, 3.05) is 6.61 Å². The molecular weight excluding hydrogens is 196 g/mol. The van der Waals surface area contributed by atoms with Gasteiger partial charge in [0, 0.05) is 10.9 Å². The molecule has 1 aromatic carbocycles. The van der Waals surface area contributed by atoms with Crippen LogP contribution in [0.5, 0.6) is 0 Å². The Morgan fingerprint density at radius 1 is 1.50 bits per heavy atom. The summed E-state index contributed by atoms with van der Waals surface area (Å²) >= 11 is 6.06. The normalized spacial score (nSPS) is 16.3. The fraction of sp³-hybridized carbons (Fsp3) is 0.417. The number of hydrogen-bond donors (Lipinski definition) is 1. The predicted molar refractivity (Wildman–Crippen MR) is 58.5 cm³/mol. The summed E-state index contributed by atoms with van der Waals surface area (Å²) in [5.41, 5.74) is 2.36. The lowest BCUT2D eigenvalue weighted by molar-refractivity contribution is 0.315. The van der Waals surface area contributed by atoms with Crippen molar-refractivity contribution in [3.8, 4) is 0 Å². The monoisotopic (exact) mass is 209 g/mol. The Labute approximate surface area is 89.7 Å². The van der Waals surface area contributed by atoms with E-state index in [0.29, 0.717) is 0 Å². The minimum absolute atomic E-state index is 0.0772. The first-order valence-corrected chi connectivity index (χ1v) is 5.33. The Bertz CT molecular complexity index is 331. The van der Waals surface area contributed by atoms with E-state index in [0.717, 1.165) is 22.4 Å². The van der Waals surface area contributed by atoms with Gasteiger partial charge in [-0.1, -0.05) is 30.7 Å². The summed E-state index contributed by atoms with van der Waals surface area (Å²) in [7, 11) is 0. The van der Waals surface area contributed by atoms with E-state index in [1.165, 1.54) is 18.4 Å². The minimum Gasteiger partial charge on any atom is -0.395 e. The predicted octanol–water partition coefficient (Wildman–Crippen LogP) is 3.15. The summed E-state index contributed by atoms with van der Waals surface area (Å²) in [5.74, 6) is 1.68. The van der Waals surface area contributed by atoms with E-state index in [1.54, 1.807) is 0 Å². The van der Waals surface area contributed by atoms with Gasteiger partial charge in [0.05, 0.1) is 6.61 Å². The number of aliphatic hydroxyl groups excluding tert-OH is 1. The third-order valence-corrected chi connectivity index (χ3v) is 3.07. The van der Waals surface area contributed by atoms with Crippen LogP contribution in [-0.4, -0.2) is 11.7 Å². The molecule has 1 aromatic rings. The Morgan fingerprint density at radius 3 is 2.79 bits per heavy atom. The molecule has 1 aliphatic carbocycles. The van der Waals surface area contributed by atoms with Gasteiger partial charge in [0.25, 0.3) is 0 Å². The maximum Gasteiger partial charge on any atom is 0.0535 e. The molecule has 2 heteroatoms. The fourth-order valence-electron chi connectivity index (χ4n) is 1.63. The largest absolute Gasteiger partial charge is 0.395 e. The van der Waals surface area contributed by atoms with Gasteiger partial charge in [-0.3, -0.25) is 0 Å². The van der Waals surface area contributed by atoms with Crippen LogP contribution in [-0.2, 0) is 0 Å². The van der Waals surface area contributed by atoms with Gasteiger partial charge in [0.15, 0.2) is 0 Å². The van der Waals surface area contributed by atoms with Crippen molar-refractivity contribution < 1.29 is 5.11 Å². The number of rotatable bonds is 3. The van der Waals surface area contributed by atoms with Crippen LogP contribution in [0.1, 0.15) is 36.8 Å². The fourth-order valence-corrected chi connectivity index (χ4v) is 1.90. The zero-order chi connectivity index (χ0) is 10.1. The first-order valence-electron chi connectivity index (χ1n) is 4.95. The Balaban J connectivity index is 2.31. The molecule has 1 aliphatic rings. The van der Waals surface area contributed by atoms with Gasteiger partial charge in [-0.15, -0.1) is 0 Å².